The van der Waals surface area contributed by atoms with Gasteiger partial charge in [0.05, 0.1) is 27.6 Å². The number of nitrogens with zero attached hydrogens (tertiary/aromatic N) is 4. The summed E-state index contributed by atoms with van der Waals surface area (Å²) in [6.07, 6.45) is 0. The van der Waals surface area contributed by atoms with Crippen molar-refractivity contribution in [1.29, 1.82) is 0 Å². The second-order valence-electron chi connectivity index (χ2n) is 9.10. The fraction of sp³-hybridized carbons (Fsp3) is 0. The van der Waals surface area contributed by atoms with Crippen LogP contribution in [0.4, 0.5) is 0 Å². The minimum Gasteiger partial charge on any atom is -0.292 e. The average molecular weight is 491 g/mol. The lowest BCUT2D eigenvalue weighted by atomic mass is 10.1. The Hall–Kier alpha value is -5.29. The van der Waals surface area contributed by atoms with Crippen molar-refractivity contribution in [3.05, 3.63) is 144 Å². The Balaban J connectivity index is 1.42. The van der Waals surface area contributed by atoms with Crippen molar-refractivity contribution >= 4 is 21.9 Å². The molecule has 0 fully saturated rings. The summed E-state index contributed by atoms with van der Waals surface area (Å²) in [5, 5.41) is 0.592. The quantitative estimate of drug-likeness (QED) is 0.265. The third kappa shape index (κ3) is 3.61. The summed E-state index contributed by atoms with van der Waals surface area (Å²) in [7, 11) is 0. The molecular weight excluding hydrogens is 468 g/mol. The summed E-state index contributed by atoms with van der Waals surface area (Å²) in [6, 6.07) is 43.7. The second kappa shape index (κ2) is 8.98. The summed E-state index contributed by atoms with van der Waals surface area (Å²) < 4.78 is 3.87. The van der Waals surface area contributed by atoms with Gasteiger partial charge in [-0.05, 0) is 60.7 Å². The number of para-hydroxylation sites is 4. The summed E-state index contributed by atoms with van der Waals surface area (Å²) >= 11 is 0. The first-order chi connectivity index (χ1) is 18.8. The van der Waals surface area contributed by atoms with E-state index < -0.39 is 0 Å². The maximum absolute atomic E-state index is 13.6. The van der Waals surface area contributed by atoms with Gasteiger partial charge in [-0.25, -0.2) is 9.97 Å². The molecule has 0 N–H and O–H groups in total. The third-order valence-corrected chi connectivity index (χ3v) is 6.77. The Bertz CT molecular complexity index is 1970. The van der Waals surface area contributed by atoms with Crippen molar-refractivity contribution in [2.24, 2.45) is 0 Å². The van der Waals surface area contributed by atoms with E-state index in [9.17, 15) is 4.79 Å². The Labute approximate surface area is 218 Å². The van der Waals surface area contributed by atoms with Crippen molar-refractivity contribution in [2.45, 2.75) is 0 Å². The van der Waals surface area contributed by atoms with Crippen LogP contribution in [0.1, 0.15) is 0 Å². The third-order valence-electron chi connectivity index (χ3n) is 6.77. The topological polar surface area (TPSA) is 52.7 Å². The van der Waals surface area contributed by atoms with Crippen LogP contribution in [0, 0.1) is 0 Å². The van der Waals surface area contributed by atoms with Gasteiger partial charge in [0.2, 0.25) is 0 Å². The minimum absolute atomic E-state index is 0.0900. The highest BCUT2D eigenvalue weighted by Crippen LogP contribution is 2.30. The highest BCUT2D eigenvalue weighted by molar-refractivity contribution is 5.84. The fourth-order valence-electron chi connectivity index (χ4n) is 4.97. The number of rotatable bonds is 4. The molecule has 5 nitrogen and oxygen atoms in total. The zero-order valence-corrected chi connectivity index (χ0v) is 20.4. The van der Waals surface area contributed by atoms with Gasteiger partial charge >= 0.3 is 0 Å². The van der Waals surface area contributed by atoms with E-state index in [1.807, 2.05) is 103 Å². The van der Waals surface area contributed by atoms with Crippen molar-refractivity contribution in [3.63, 3.8) is 0 Å². The number of aromatic nitrogens is 4. The largest absolute Gasteiger partial charge is 0.292 e. The monoisotopic (exact) mass is 490 g/mol. The molecule has 38 heavy (non-hydrogen) atoms. The number of hydrogen-bond acceptors (Lipinski definition) is 3. The van der Waals surface area contributed by atoms with Crippen LogP contribution in [0.15, 0.2) is 138 Å². The lowest BCUT2D eigenvalue weighted by molar-refractivity contribution is 0.975. The van der Waals surface area contributed by atoms with E-state index in [4.69, 9.17) is 9.97 Å². The molecule has 0 aliphatic heterocycles. The van der Waals surface area contributed by atoms with E-state index >= 15 is 0 Å². The molecule has 0 amide bonds. The first kappa shape index (κ1) is 21.9. The Morgan fingerprint density at radius 1 is 0.447 bits per heavy atom. The molecule has 0 atom stereocenters. The maximum atomic E-state index is 13.6. The zero-order valence-electron chi connectivity index (χ0n) is 20.4. The van der Waals surface area contributed by atoms with Crippen LogP contribution in [0.25, 0.3) is 56.1 Å². The molecular formula is C33H22N4O. The molecule has 0 bridgehead atoms. The van der Waals surface area contributed by atoms with Crippen LogP contribution < -0.4 is 5.56 Å². The number of fused-ring (bicyclic) bond motifs is 2. The van der Waals surface area contributed by atoms with Crippen molar-refractivity contribution in [2.75, 3.05) is 0 Å². The van der Waals surface area contributed by atoms with Crippen LogP contribution in [0.5, 0.6) is 0 Å². The smallest absolute Gasteiger partial charge is 0.266 e. The van der Waals surface area contributed by atoms with Gasteiger partial charge in [0.15, 0.2) is 0 Å². The molecule has 0 radical (unpaired) electrons. The number of imidazole rings is 1. The summed E-state index contributed by atoms with van der Waals surface area (Å²) in [4.78, 5) is 23.5. The molecule has 2 aromatic heterocycles. The van der Waals surface area contributed by atoms with E-state index in [0.717, 1.165) is 39.4 Å². The van der Waals surface area contributed by atoms with Crippen LogP contribution in [-0.4, -0.2) is 19.1 Å². The van der Waals surface area contributed by atoms with Crippen LogP contribution >= 0.6 is 0 Å². The number of hydrogen-bond donors (Lipinski definition) is 0. The first-order valence-corrected chi connectivity index (χ1v) is 12.5. The van der Waals surface area contributed by atoms with Gasteiger partial charge in [-0.3, -0.25) is 13.9 Å². The van der Waals surface area contributed by atoms with E-state index in [-0.39, 0.29) is 5.56 Å². The Morgan fingerprint density at radius 2 is 0.974 bits per heavy atom. The molecule has 0 saturated carbocycles. The molecule has 0 aliphatic carbocycles. The normalized spacial score (nSPS) is 11.3. The van der Waals surface area contributed by atoms with Gasteiger partial charge in [-0.1, -0.05) is 72.8 Å². The molecule has 0 unspecified atom stereocenters. The lowest BCUT2D eigenvalue weighted by Crippen LogP contribution is -2.21. The van der Waals surface area contributed by atoms with Crippen LogP contribution in [-0.2, 0) is 0 Å². The van der Waals surface area contributed by atoms with Crippen LogP contribution in [0.2, 0.25) is 0 Å². The molecule has 0 spiro atoms. The Morgan fingerprint density at radius 3 is 1.74 bits per heavy atom. The molecule has 7 rings (SSSR count). The highest BCUT2D eigenvalue weighted by atomic mass is 16.1. The summed E-state index contributed by atoms with van der Waals surface area (Å²) in [6.45, 7) is 0. The predicted molar refractivity (Wildman–Crippen MR) is 153 cm³/mol. The Kier molecular flexibility index (Phi) is 5.19. The van der Waals surface area contributed by atoms with Gasteiger partial charge in [0, 0.05) is 16.8 Å². The SMILES string of the molecule is O=c1c2ccccc2nc(-c2ccc(-n3c(-c4ccccc4)nc4ccccc43)cc2)n1-c1ccccc1. The van der Waals surface area contributed by atoms with Gasteiger partial charge < -0.3 is 0 Å². The predicted octanol–water partition coefficient (Wildman–Crippen LogP) is 7.06. The van der Waals surface area contributed by atoms with E-state index in [0.29, 0.717) is 16.7 Å². The molecule has 7 aromatic rings. The van der Waals surface area contributed by atoms with E-state index in [1.165, 1.54) is 0 Å². The average Bonchev–Trinajstić information content (AvgIpc) is 3.38. The number of benzene rings is 5. The van der Waals surface area contributed by atoms with Crippen molar-refractivity contribution < 1.29 is 0 Å². The molecule has 5 heteroatoms. The van der Waals surface area contributed by atoms with E-state index in [2.05, 4.69) is 34.9 Å². The highest BCUT2D eigenvalue weighted by Gasteiger charge is 2.17. The maximum Gasteiger partial charge on any atom is 0.266 e. The fourth-order valence-corrected chi connectivity index (χ4v) is 4.97. The van der Waals surface area contributed by atoms with Gasteiger partial charge in [0.25, 0.3) is 5.56 Å². The van der Waals surface area contributed by atoms with E-state index in [1.54, 1.807) is 4.57 Å². The summed E-state index contributed by atoms with van der Waals surface area (Å²) in [5.74, 6) is 1.48. The van der Waals surface area contributed by atoms with Gasteiger partial charge in [0.1, 0.15) is 11.6 Å². The van der Waals surface area contributed by atoms with Crippen molar-refractivity contribution in [3.8, 4) is 34.2 Å². The standard InChI is InChI=1S/C33H22N4O/c38-33-27-15-7-8-16-28(27)34-32(37(33)25-13-5-2-6-14-25)24-19-21-26(22-20-24)36-30-18-10-9-17-29(30)35-31(36)23-11-3-1-4-12-23/h1-22H. The molecule has 5 aromatic carbocycles. The summed E-state index contributed by atoms with van der Waals surface area (Å²) in [5.41, 5.74) is 6.21. The molecule has 2 heterocycles. The lowest BCUT2D eigenvalue weighted by Gasteiger charge is -2.15. The van der Waals surface area contributed by atoms with Gasteiger partial charge in [-0.2, -0.15) is 0 Å². The minimum atomic E-state index is -0.0900. The van der Waals surface area contributed by atoms with Crippen LogP contribution in [0.3, 0.4) is 0 Å². The molecule has 0 saturated heterocycles. The first-order valence-electron chi connectivity index (χ1n) is 12.5. The van der Waals surface area contributed by atoms with Gasteiger partial charge in [-0.15, -0.1) is 0 Å². The zero-order chi connectivity index (χ0) is 25.5. The van der Waals surface area contributed by atoms with Crippen molar-refractivity contribution in [1.82, 2.24) is 19.1 Å². The second-order valence-corrected chi connectivity index (χ2v) is 9.10. The molecule has 0 aliphatic rings. The molecule has 180 valence electrons.